The molecule has 0 aliphatic heterocycles. The molecule has 0 spiro atoms. The van der Waals surface area contributed by atoms with Crippen molar-refractivity contribution in [2.75, 3.05) is 5.88 Å². The molecule has 1 amide bonds. The van der Waals surface area contributed by atoms with Gasteiger partial charge in [-0.15, -0.1) is 11.7 Å². The Balaban J connectivity index is 3.11. The topological polar surface area (TPSA) is 29.1 Å². The summed E-state index contributed by atoms with van der Waals surface area (Å²) in [7, 11) is 1.26. The van der Waals surface area contributed by atoms with Crippen molar-refractivity contribution in [2.45, 2.75) is 0 Å². The molecule has 0 aromatic carbocycles. The van der Waals surface area contributed by atoms with Gasteiger partial charge in [0.1, 0.15) is 0 Å². The van der Waals surface area contributed by atoms with E-state index in [-0.39, 0.29) is 5.91 Å². The Hall–Kier alpha value is -0.0900. The summed E-state index contributed by atoms with van der Waals surface area (Å²) < 4.78 is 0. The number of carbonyl (C=O) groups excluding carboxylic acids is 1. The van der Waals surface area contributed by atoms with E-state index in [1.165, 1.54) is 16.9 Å². The third-order valence-corrected chi connectivity index (χ3v) is 1.16. The average Bonchev–Trinajstić information content (AvgIpc) is 1.83. The summed E-state index contributed by atoms with van der Waals surface area (Å²) in [6, 6.07) is 0. The average molecular weight is 149 g/mol. The van der Waals surface area contributed by atoms with Crippen molar-refractivity contribution in [2.24, 2.45) is 0 Å². The van der Waals surface area contributed by atoms with E-state index in [0.717, 1.165) is 0 Å². The van der Waals surface area contributed by atoms with Crippen LogP contribution in [0.5, 0.6) is 0 Å². The van der Waals surface area contributed by atoms with Gasteiger partial charge < -0.3 is 5.32 Å². The number of hydrogen-bond donors (Lipinski definition) is 2. The minimum absolute atomic E-state index is 0.161. The summed E-state index contributed by atoms with van der Waals surface area (Å²) >= 11 is 3.80. The maximum absolute atomic E-state index is 10.3. The van der Waals surface area contributed by atoms with Gasteiger partial charge in [0.2, 0.25) is 5.91 Å². The minimum atomic E-state index is -0.161. The zero-order valence-corrected chi connectivity index (χ0v) is 5.97. The van der Waals surface area contributed by atoms with Crippen molar-refractivity contribution in [3.05, 3.63) is 12.7 Å². The van der Waals surface area contributed by atoms with Crippen molar-refractivity contribution >= 4 is 28.4 Å². The molecule has 0 heterocycles. The van der Waals surface area contributed by atoms with E-state index in [1.54, 1.807) is 0 Å². The Morgan fingerprint density at radius 2 is 2.62 bits per heavy atom. The quantitative estimate of drug-likeness (QED) is 0.269. The predicted octanol–water partition coefficient (Wildman–Crippen LogP) is 0.824. The molecule has 4 heteroatoms. The lowest BCUT2D eigenvalue weighted by Crippen LogP contribution is -2.18. The molecule has 0 aromatic heterocycles. The fourth-order valence-electron chi connectivity index (χ4n) is 0.176. The van der Waals surface area contributed by atoms with E-state index in [0.29, 0.717) is 5.88 Å². The third kappa shape index (κ3) is 4.08. The Kier molecular flexibility index (Phi) is 5.00. The van der Waals surface area contributed by atoms with Crippen LogP contribution in [-0.2, 0) is 4.79 Å². The van der Waals surface area contributed by atoms with Crippen LogP contribution in [0.4, 0.5) is 0 Å². The number of hydrogen-bond acceptors (Lipinski definition) is 3. The molecular weight excluding hydrogens is 142 g/mol. The second-order valence-electron chi connectivity index (χ2n) is 1.02. The van der Waals surface area contributed by atoms with Crippen LogP contribution in [0.1, 0.15) is 0 Å². The van der Waals surface area contributed by atoms with Gasteiger partial charge in [0.15, 0.2) is 0 Å². The van der Waals surface area contributed by atoms with Crippen LogP contribution >= 0.6 is 22.5 Å². The highest BCUT2D eigenvalue weighted by atomic mass is 33.1. The Bertz CT molecular complexity index is 94.0. The monoisotopic (exact) mass is 149 g/mol. The first-order valence-corrected chi connectivity index (χ1v) is 4.01. The van der Waals surface area contributed by atoms with E-state index in [9.17, 15) is 4.79 Å². The lowest BCUT2D eigenvalue weighted by molar-refractivity contribution is -0.116. The van der Waals surface area contributed by atoms with Crippen LogP contribution in [0.2, 0.25) is 0 Å². The highest BCUT2D eigenvalue weighted by molar-refractivity contribution is 8.68. The summed E-state index contributed by atoms with van der Waals surface area (Å²) in [4.78, 5) is 10.3. The SMILES string of the molecule is C=CC(=O)NCSS. The van der Waals surface area contributed by atoms with Crippen LogP contribution in [0.15, 0.2) is 12.7 Å². The van der Waals surface area contributed by atoms with E-state index in [4.69, 9.17) is 0 Å². The summed E-state index contributed by atoms with van der Waals surface area (Å²) in [6.07, 6.45) is 1.23. The van der Waals surface area contributed by atoms with Gasteiger partial charge in [0.25, 0.3) is 0 Å². The number of amides is 1. The van der Waals surface area contributed by atoms with Crippen LogP contribution in [0.25, 0.3) is 0 Å². The second-order valence-corrected chi connectivity index (χ2v) is 2.34. The van der Waals surface area contributed by atoms with Gasteiger partial charge in [-0.1, -0.05) is 17.4 Å². The number of nitrogens with one attached hydrogen (secondary N) is 1. The molecule has 0 unspecified atom stereocenters. The normalized spacial score (nSPS) is 8.12. The first kappa shape index (κ1) is 7.91. The summed E-state index contributed by atoms with van der Waals surface area (Å²) in [6.45, 7) is 3.27. The maximum Gasteiger partial charge on any atom is 0.244 e. The molecule has 0 aromatic rings. The second kappa shape index (κ2) is 5.05. The lowest BCUT2D eigenvalue weighted by Gasteiger charge is -1.93. The van der Waals surface area contributed by atoms with Gasteiger partial charge in [0, 0.05) is 0 Å². The maximum atomic E-state index is 10.3. The first-order valence-electron chi connectivity index (χ1n) is 1.98. The van der Waals surface area contributed by atoms with Crippen LogP contribution in [-0.4, -0.2) is 11.8 Å². The van der Waals surface area contributed by atoms with Gasteiger partial charge in [0.05, 0.1) is 5.88 Å². The van der Waals surface area contributed by atoms with Gasteiger partial charge in [-0.05, 0) is 6.08 Å². The number of rotatable bonds is 3. The Morgan fingerprint density at radius 1 is 2.00 bits per heavy atom. The first-order chi connectivity index (χ1) is 3.81. The zero-order valence-electron chi connectivity index (χ0n) is 4.26. The van der Waals surface area contributed by atoms with Gasteiger partial charge in [-0.25, -0.2) is 0 Å². The van der Waals surface area contributed by atoms with Crippen LogP contribution in [0.3, 0.4) is 0 Å². The standard InChI is InChI=1S/C4H7NOS2/c1-2-4(6)5-3-8-7/h2,7H,1,3H2,(H,5,6). The van der Waals surface area contributed by atoms with Crippen LogP contribution < -0.4 is 5.32 Å². The molecule has 2 nitrogen and oxygen atoms in total. The summed E-state index contributed by atoms with van der Waals surface area (Å²) in [5.74, 6) is 0.361. The smallest absolute Gasteiger partial charge is 0.244 e. The molecule has 0 radical (unpaired) electrons. The van der Waals surface area contributed by atoms with Gasteiger partial charge in [-0.3, -0.25) is 4.79 Å². The highest BCUT2D eigenvalue weighted by Gasteiger charge is 1.87. The molecule has 46 valence electrons. The fourth-order valence-corrected chi connectivity index (χ4v) is 0.576. The van der Waals surface area contributed by atoms with E-state index >= 15 is 0 Å². The van der Waals surface area contributed by atoms with Crippen molar-refractivity contribution in [1.29, 1.82) is 0 Å². The molecule has 0 atom stereocenters. The Morgan fingerprint density at radius 3 is 3.00 bits per heavy atom. The molecule has 0 saturated heterocycles. The third-order valence-electron chi connectivity index (χ3n) is 0.496. The number of carbonyl (C=O) groups is 1. The van der Waals surface area contributed by atoms with E-state index in [2.05, 4.69) is 23.6 Å². The molecule has 0 aliphatic rings. The van der Waals surface area contributed by atoms with Crippen LogP contribution in [0, 0.1) is 0 Å². The van der Waals surface area contributed by atoms with E-state index < -0.39 is 0 Å². The molecule has 0 saturated carbocycles. The van der Waals surface area contributed by atoms with Crippen molar-refractivity contribution in [1.82, 2.24) is 5.32 Å². The fraction of sp³-hybridized carbons (Fsp3) is 0.250. The molecule has 0 fully saturated rings. The molecule has 1 N–H and O–H groups in total. The largest absolute Gasteiger partial charge is 0.343 e. The molecule has 0 rings (SSSR count). The molecular formula is C4H7NOS2. The van der Waals surface area contributed by atoms with Gasteiger partial charge in [-0.2, -0.15) is 0 Å². The van der Waals surface area contributed by atoms with Crippen molar-refractivity contribution in [3.8, 4) is 0 Å². The lowest BCUT2D eigenvalue weighted by atomic mass is 10.6. The minimum Gasteiger partial charge on any atom is -0.343 e. The summed E-state index contributed by atoms with van der Waals surface area (Å²) in [5.41, 5.74) is 0. The molecule has 0 aliphatic carbocycles. The zero-order chi connectivity index (χ0) is 6.41. The number of thiol groups is 1. The molecule has 8 heavy (non-hydrogen) atoms. The van der Waals surface area contributed by atoms with Gasteiger partial charge >= 0.3 is 0 Å². The van der Waals surface area contributed by atoms with Crippen molar-refractivity contribution < 1.29 is 4.79 Å². The molecule has 0 bridgehead atoms. The Labute approximate surface area is 57.5 Å². The van der Waals surface area contributed by atoms with E-state index in [1.807, 2.05) is 0 Å². The van der Waals surface area contributed by atoms with Crippen molar-refractivity contribution in [3.63, 3.8) is 0 Å². The highest BCUT2D eigenvalue weighted by Crippen LogP contribution is 1.99. The predicted molar refractivity (Wildman–Crippen MR) is 39.8 cm³/mol. The summed E-state index contributed by atoms with van der Waals surface area (Å²) in [5, 5.41) is 2.51.